The number of ether oxygens (including phenoxy) is 1. The maximum Gasteiger partial charge on any atom is 0.261 e. The molecule has 140 valence electrons. The normalized spacial score (nSPS) is 12.1. The van der Waals surface area contributed by atoms with Crippen LogP contribution in [0.3, 0.4) is 0 Å². The molecule has 0 radical (unpaired) electrons. The third-order valence-corrected chi connectivity index (χ3v) is 4.47. The van der Waals surface area contributed by atoms with E-state index in [4.69, 9.17) is 16.3 Å². The molecule has 2 aromatic carbocycles. The van der Waals surface area contributed by atoms with Crippen LogP contribution in [0.15, 0.2) is 53.3 Å². The number of methoxy groups -OCH3 is 1. The van der Waals surface area contributed by atoms with Crippen LogP contribution in [0.2, 0.25) is 5.02 Å². The fraction of sp³-hybridized carbons (Fsp3) is 0.250. The summed E-state index contributed by atoms with van der Waals surface area (Å²) in [5, 5.41) is 3.90. The maximum absolute atomic E-state index is 12.9. The van der Waals surface area contributed by atoms with Gasteiger partial charge < -0.3 is 10.1 Å². The number of rotatable bonds is 6. The topological polar surface area (TPSA) is 73.2 Å². The summed E-state index contributed by atoms with van der Waals surface area (Å²) in [4.78, 5) is 30.1. The Bertz CT molecular complexity index is 1030. The summed E-state index contributed by atoms with van der Waals surface area (Å²) >= 11 is 5.96. The zero-order valence-corrected chi connectivity index (χ0v) is 15.9. The molecular formula is C20H20ClN3O3. The fourth-order valence-corrected chi connectivity index (χ4v) is 3.08. The molecule has 0 aliphatic rings. The van der Waals surface area contributed by atoms with E-state index in [-0.39, 0.29) is 11.5 Å². The number of carbonyl (C=O) groups excluding carboxylic acids is 1. The van der Waals surface area contributed by atoms with Crippen LogP contribution < -0.4 is 10.9 Å². The summed E-state index contributed by atoms with van der Waals surface area (Å²) in [6.45, 7) is 2.50. The average molecular weight is 386 g/mol. The summed E-state index contributed by atoms with van der Waals surface area (Å²) < 4.78 is 6.67. The van der Waals surface area contributed by atoms with Gasteiger partial charge in [0.1, 0.15) is 5.82 Å². The van der Waals surface area contributed by atoms with Crippen molar-refractivity contribution in [2.75, 3.05) is 13.7 Å². The van der Waals surface area contributed by atoms with Gasteiger partial charge >= 0.3 is 0 Å². The molecular weight excluding hydrogens is 366 g/mol. The summed E-state index contributed by atoms with van der Waals surface area (Å²) in [7, 11) is 1.57. The van der Waals surface area contributed by atoms with Gasteiger partial charge in [-0.25, -0.2) is 4.98 Å². The van der Waals surface area contributed by atoms with E-state index in [2.05, 4.69) is 10.3 Å². The number of fused-ring (bicyclic) bond motifs is 1. The van der Waals surface area contributed by atoms with Gasteiger partial charge in [-0.2, -0.15) is 0 Å². The molecule has 0 spiro atoms. The lowest BCUT2D eigenvalue weighted by Gasteiger charge is -2.19. The molecule has 3 rings (SSSR count). The SMILES string of the molecule is COCCn1c([C@H](C)NC(=O)c2cccc(Cl)c2)nc2ccccc2c1=O. The first-order valence-electron chi connectivity index (χ1n) is 8.56. The number of amides is 1. The summed E-state index contributed by atoms with van der Waals surface area (Å²) in [5.41, 5.74) is 0.882. The Labute approximate surface area is 161 Å². The first-order valence-corrected chi connectivity index (χ1v) is 8.94. The number of nitrogens with one attached hydrogen (secondary N) is 1. The van der Waals surface area contributed by atoms with Gasteiger partial charge in [0.05, 0.1) is 30.1 Å². The molecule has 0 aliphatic heterocycles. The van der Waals surface area contributed by atoms with E-state index in [1.165, 1.54) is 0 Å². The largest absolute Gasteiger partial charge is 0.383 e. The predicted molar refractivity (Wildman–Crippen MR) is 105 cm³/mol. The molecule has 1 aromatic heterocycles. The molecule has 1 amide bonds. The highest BCUT2D eigenvalue weighted by Crippen LogP contribution is 2.16. The molecule has 1 N–H and O–H groups in total. The second-order valence-electron chi connectivity index (χ2n) is 6.14. The number of nitrogens with zero attached hydrogens (tertiary/aromatic N) is 2. The number of halogens is 1. The number of para-hydroxylation sites is 1. The Morgan fingerprint density at radius 1 is 1.26 bits per heavy atom. The van der Waals surface area contributed by atoms with Crippen LogP contribution in [0.25, 0.3) is 10.9 Å². The van der Waals surface area contributed by atoms with E-state index in [1.54, 1.807) is 61.1 Å². The zero-order valence-electron chi connectivity index (χ0n) is 15.1. The van der Waals surface area contributed by atoms with Gasteiger partial charge in [0.2, 0.25) is 0 Å². The summed E-state index contributed by atoms with van der Waals surface area (Å²) in [5.74, 6) is 0.192. The van der Waals surface area contributed by atoms with Crippen molar-refractivity contribution in [3.05, 3.63) is 75.3 Å². The monoisotopic (exact) mass is 385 g/mol. The van der Waals surface area contributed by atoms with Crippen LogP contribution in [-0.2, 0) is 11.3 Å². The fourth-order valence-electron chi connectivity index (χ4n) is 2.89. The van der Waals surface area contributed by atoms with Crippen molar-refractivity contribution < 1.29 is 9.53 Å². The zero-order chi connectivity index (χ0) is 19.4. The quantitative estimate of drug-likeness (QED) is 0.707. The van der Waals surface area contributed by atoms with Gasteiger partial charge in [0.25, 0.3) is 11.5 Å². The molecule has 1 heterocycles. The van der Waals surface area contributed by atoms with E-state index in [0.717, 1.165) is 0 Å². The van der Waals surface area contributed by atoms with Crippen molar-refractivity contribution >= 4 is 28.4 Å². The number of aromatic nitrogens is 2. The Kier molecular flexibility index (Phi) is 5.88. The van der Waals surface area contributed by atoms with E-state index in [9.17, 15) is 9.59 Å². The molecule has 0 aliphatic carbocycles. The molecule has 0 bridgehead atoms. The van der Waals surface area contributed by atoms with E-state index < -0.39 is 6.04 Å². The third-order valence-electron chi connectivity index (χ3n) is 4.23. The van der Waals surface area contributed by atoms with Crippen molar-refractivity contribution in [3.8, 4) is 0 Å². The molecule has 0 saturated heterocycles. The van der Waals surface area contributed by atoms with Crippen molar-refractivity contribution in [1.82, 2.24) is 14.9 Å². The molecule has 0 unspecified atom stereocenters. The number of hydrogen-bond acceptors (Lipinski definition) is 4. The number of benzene rings is 2. The van der Waals surface area contributed by atoms with E-state index in [0.29, 0.717) is 40.5 Å². The van der Waals surface area contributed by atoms with Crippen LogP contribution in [-0.4, -0.2) is 29.2 Å². The summed E-state index contributed by atoms with van der Waals surface area (Å²) in [6, 6.07) is 13.4. The Hall–Kier alpha value is -2.70. The first kappa shape index (κ1) is 19.1. The predicted octanol–water partition coefficient (Wildman–Crippen LogP) is 3.19. The van der Waals surface area contributed by atoms with Gasteiger partial charge in [0, 0.05) is 17.7 Å². The highest BCUT2D eigenvalue weighted by atomic mass is 35.5. The minimum atomic E-state index is -0.481. The van der Waals surface area contributed by atoms with Crippen molar-refractivity contribution in [1.29, 1.82) is 0 Å². The van der Waals surface area contributed by atoms with Crippen LogP contribution in [0.1, 0.15) is 29.1 Å². The van der Waals surface area contributed by atoms with Gasteiger partial charge in [0.15, 0.2) is 0 Å². The summed E-state index contributed by atoms with van der Waals surface area (Å²) in [6.07, 6.45) is 0. The van der Waals surface area contributed by atoms with Crippen LogP contribution in [0, 0.1) is 0 Å². The molecule has 7 heteroatoms. The van der Waals surface area contributed by atoms with E-state index >= 15 is 0 Å². The Balaban J connectivity index is 1.98. The maximum atomic E-state index is 12.9. The lowest BCUT2D eigenvalue weighted by Crippen LogP contribution is -2.34. The minimum Gasteiger partial charge on any atom is -0.383 e. The van der Waals surface area contributed by atoms with Gasteiger partial charge in [-0.15, -0.1) is 0 Å². The molecule has 3 aromatic rings. The molecule has 1 atom stereocenters. The smallest absolute Gasteiger partial charge is 0.261 e. The number of carbonyl (C=O) groups is 1. The second-order valence-corrected chi connectivity index (χ2v) is 6.58. The molecule has 27 heavy (non-hydrogen) atoms. The average Bonchev–Trinajstić information content (AvgIpc) is 2.67. The lowest BCUT2D eigenvalue weighted by atomic mass is 10.2. The van der Waals surface area contributed by atoms with Crippen molar-refractivity contribution in [2.45, 2.75) is 19.5 Å². The second kappa shape index (κ2) is 8.33. The molecule has 6 nitrogen and oxygen atoms in total. The van der Waals surface area contributed by atoms with Crippen LogP contribution in [0.4, 0.5) is 0 Å². The molecule has 0 fully saturated rings. The highest BCUT2D eigenvalue weighted by Gasteiger charge is 2.19. The standard InChI is InChI=1S/C20H20ClN3O3/c1-13(22-19(25)14-6-5-7-15(21)12-14)18-23-17-9-4-3-8-16(17)20(26)24(18)10-11-27-2/h3-9,12-13H,10-11H2,1-2H3,(H,22,25)/t13-/m0/s1. The van der Waals surface area contributed by atoms with Crippen molar-refractivity contribution in [3.63, 3.8) is 0 Å². The van der Waals surface area contributed by atoms with Crippen LogP contribution >= 0.6 is 11.6 Å². The lowest BCUT2D eigenvalue weighted by molar-refractivity contribution is 0.0937. The van der Waals surface area contributed by atoms with Crippen LogP contribution in [0.5, 0.6) is 0 Å². The number of hydrogen-bond donors (Lipinski definition) is 1. The van der Waals surface area contributed by atoms with Gasteiger partial charge in [-0.05, 0) is 37.3 Å². The van der Waals surface area contributed by atoms with Crippen molar-refractivity contribution in [2.24, 2.45) is 0 Å². The van der Waals surface area contributed by atoms with Gasteiger partial charge in [-0.1, -0.05) is 29.8 Å². The van der Waals surface area contributed by atoms with E-state index in [1.807, 2.05) is 6.07 Å². The Morgan fingerprint density at radius 3 is 2.78 bits per heavy atom. The first-order chi connectivity index (χ1) is 13.0. The highest BCUT2D eigenvalue weighted by molar-refractivity contribution is 6.30. The minimum absolute atomic E-state index is 0.156. The molecule has 0 saturated carbocycles. The van der Waals surface area contributed by atoms with Gasteiger partial charge in [-0.3, -0.25) is 14.2 Å². The third kappa shape index (κ3) is 4.18. The Morgan fingerprint density at radius 2 is 2.04 bits per heavy atom.